The van der Waals surface area contributed by atoms with E-state index in [1.54, 1.807) is 26.2 Å². The Labute approximate surface area is 149 Å². The lowest BCUT2D eigenvalue weighted by molar-refractivity contribution is 0.0822. The predicted octanol–water partition coefficient (Wildman–Crippen LogP) is 3.43. The number of nitrogens with zero attached hydrogens (tertiary/aromatic N) is 2. The molecule has 24 heavy (non-hydrogen) atoms. The first-order valence-corrected chi connectivity index (χ1v) is 8.17. The topological polar surface area (TPSA) is 74.3 Å². The second-order valence-electron chi connectivity index (χ2n) is 5.47. The second kappa shape index (κ2) is 7.92. The van der Waals surface area contributed by atoms with Crippen molar-refractivity contribution in [2.24, 2.45) is 0 Å². The van der Waals surface area contributed by atoms with Crippen LogP contribution < -0.4 is 10.6 Å². The summed E-state index contributed by atoms with van der Waals surface area (Å²) in [5.41, 5.74) is 1.76. The third-order valence-electron chi connectivity index (χ3n) is 3.36. The summed E-state index contributed by atoms with van der Waals surface area (Å²) in [6.45, 7) is 1.90. The Hall–Kier alpha value is -2.41. The van der Waals surface area contributed by atoms with Crippen molar-refractivity contribution in [3.8, 4) is 0 Å². The van der Waals surface area contributed by atoms with Crippen molar-refractivity contribution in [2.75, 3.05) is 19.4 Å². The molecule has 0 aliphatic rings. The van der Waals surface area contributed by atoms with Crippen molar-refractivity contribution >= 4 is 33.6 Å². The molecule has 0 fully saturated rings. The summed E-state index contributed by atoms with van der Waals surface area (Å²) in [6.07, 6.45) is 1.49. The van der Waals surface area contributed by atoms with Crippen LogP contribution in [0.2, 0.25) is 0 Å². The van der Waals surface area contributed by atoms with Crippen LogP contribution in [0.15, 0.2) is 47.1 Å². The van der Waals surface area contributed by atoms with Crippen molar-refractivity contribution < 1.29 is 9.59 Å². The van der Waals surface area contributed by atoms with Crippen LogP contribution in [0, 0.1) is 0 Å². The summed E-state index contributed by atoms with van der Waals surface area (Å²) in [5.74, 6) is -0.222. The zero-order valence-corrected chi connectivity index (χ0v) is 15.3. The molecule has 7 heteroatoms. The van der Waals surface area contributed by atoms with E-state index in [1.807, 2.05) is 31.2 Å². The maximum absolute atomic E-state index is 12.2. The standard InChI is InChI=1S/C17H19BrN4O2/c1-11(13-6-4-5-7-14(13)18)20-17(24)21-12-8-9-19-15(10-12)16(23)22(2)3/h4-11H,1-3H3,(H2,19,20,21,24)/t11-/m1/s1. The van der Waals surface area contributed by atoms with Gasteiger partial charge in [0.25, 0.3) is 5.91 Å². The number of pyridine rings is 1. The van der Waals surface area contributed by atoms with Crippen LogP contribution >= 0.6 is 15.9 Å². The lowest BCUT2D eigenvalue weighted by Gasteiger charge is -2.16. The van der Waals surface area contributed by atoms with Gasteiger partial charge in [-0.3, -0.25) is 9.78 Å². The number of amides is 3. The Bertz CT molecular complexity index is 749. The molecule has 2 N–H and O–H groups in total. The Morgan fingerprint density at radius 2 is 1.92 bits per heavy atom. The molecule has 1 aromatic carbocycles. The maximum atomic E-state index is 12.2. The highest BCUT2D eigenvalue weighted by Gasteiger charge is 2.14. The molecule has 3 amide bonds. The first-order chi connectivity index (χ1) is 11.4. The van der Waals surface area contributed by atoms with Crippen LogP contribution in [0.1, 0.15) is 29.0 Å². The third kappa shape index (κ3) is 4.55. The van der Waals surface area contributed by atoms with E-state index < -0.39 is 0 Å². The van der Waals surface area contributed by atoms with Crippen molar-refractivity contribution in [2.45, 2.75) is 13.0 Å². The molecule has 2 rings (SSSR count). The summed E-state index contributed by atoms with van der Waals surface area (Å²) in [6, 6.07) is 10.3. The minimum atomic E-state index is -0.354. The van der Waals surface area contributed by atoms with E-state index in [9.17, 15) is 9.59 Å². The number of anilines is 1. The zero-order chi connectivity index (χ0) is 17.7. The van der Waals surface area contributed by atoms with Gasteiger partial charge in [0.05, 0.1) is 6.04 Å². The quantitative estimate of drug-likeness (QED) is 0.839. The molecular weight excluding hydrogens is 372 g/mol. The number of nitrogens with one attached hydrogen (secondary N) is 2. The van der Waals surface area contributed by atoms with Crippen LogP contribution in [0.5, 0.6) is 0 Å². The van der Waals surface area contributed by atoms with Gasteiger partial charge < -0.3 is 15.5 Å². The molecule has 0 radical (unpaired) electrons. The molecule has 0 bridgehead atoms. The summed E-state index contributed by atoms with van der Waals surface area (Å²) in [5, 5.41) is 5.58. The number of aromatic nitrogens is 1. The summed E-state index contributed by atoms with van der Waals surface area (Å²) in [7, 11) is 3.30. The Morgan fingerprint density at radius 1 is 1.21 bits per heavy atom. The average Bonchev–Trinajstić information content (AvgIpc) is 2.54. The molecule has 1 heterocycles. The fraction of sp³-hybridized carbons (Fsp3) is 0.235. The fourth-order valence-corrected chi connectivity index (χ4v) is 2.75. The van der Waals surface area contributed by atoms with Gasteiger partial charge in [-0.25, -0.2) is 4.79 Å². The molecule has 0 unspecified atom stereocenters. The molecule has 0 saturated heterocycles. The maximum Gasteiger partial charge on any atom is 0.319 e. The van der Waals surface area contributed by atoms with Crippen LogP contribution in [-0.4, -0.2) is 35.9 Å². The molecule has 0 aliphatic carbocycles. The van der Waals surface area contributed by atoms with E-state index in [0.717, 1.165) is 10.0 Å². The minimum absolute atomic E-state index is 0.176. The molecule has 1 aromatic heterocycles. The minimum Gasteiger partial charge on any atom is -0.343 e. The highest BCUT2D eigenvalue weighted by molar-refractivity contribution is 9.10. The Kier molecular flexibility index (Phi) is 5.92. The highest BCUT2D eigenvalue weighted by atomic mass is 79.9. The number of urea groups is 1. The predicted molar refractivity (Wildman–Crippen MR) is 97.0 cm³/mol. The van der Waals surface area contributed by atoms with Crippen molar-refractivity contribution in [1.82, 2.24) is 15.2 Å². The van der Waals surface area contributed by atoms with Gasteiger partial charge in [0.2, 0.25) is 0 Å². The van der Waals surface area contributed by atoms with E-state index in [4.69, 9.17) is 0 Å². The Balaban J connectivity index is 2.04. The zero-order valence-electron chi connectivity index (χ0n) is 13.7. The largest absolute Gasteiger partial charge is 0.343 e. The number of carbonyl (C=O) groups excluding carboxylic acids is 2. The summed E-state index contributed by atoms with van der Waals surface area (Å²) >= 11 is 3.47. The van der Waals surface area contributed by atoms with E-state index in [0.29, 0.717) is 5.69 Å². The van der Waals surface area contributed by atoms with E-state index in [2.05, 4.69) is 31.5 Å². The molecule has 126 valence electrons. The third-order valence-corrected chi connectivity index (χ3v) is 4.08. The Morgan fingerprint density at radius 3 is 2.58 bits per heavy atom. The summed E-state index contributed by atoms with van der Waals surface area (Å²) in [4.78, 5) is 29.5. The van der Waals surface area contributed by atoms with Crippen molar-refractivity contribution in [3.63, 3.8) is 0 Å². The van der Waals surface area contributed by atoms with Gasteiger partial charge in [-0.05, 0) is 30.7 Å². The fourth-order valence-electron chi connectivity index (χ4n) is 2.12. The normalized spacial score (nSPS) is 11.5. The van der Waals surface area contributed by atoms with Gasteiger partial charge in [-0.15, -0.1) is 0 Å². The molecular formula is C17H19BrN4O2. The SMILES string of the molecule is C[C@@H](NC(=O)Nc1ccnc(C(=O)N(C)C)c1)c1ccccc1Br. The van der Waals surface area contributed by atoms with Gasteiger partial charge >= 0.3 is 6.03 Å². The van der Waals surface area contributed by atoms with Gasteiger partial charge in [-0.2, -0.15) is 0 Å². The van der Waals surface area contributed by atoms with Crippen LogP contribution in [-0.2, 0) is 0 Å². The van der Waals surface area contributed by atoms with Crippen molar-refractivity contribution in [1.29, 1.82) is 0 Å². The monoisotopic (exact) mass is 390 g/mol. The van der Waals surface area contributed by atoms with Crippen molar-refractivity contribution in [3.05, 3.63) is 58.3 Å². The van der Waals surface area contributed by atoms with Gasteiger partial charge in [0, 0.05) is 30.5 Å². The molecule has 1 atom stereocenters. The number of hydrogen-bond donors (Lipinski definition) is 2. The second-order valence-corrected chi connectivity index (χ2v) is 6.33. The van der Waals surface area contributed by atoms with E-state index in [1.165, 1.54) is 11.1 Å². The highest BCUT2D eigenvalue weighted by Crippen LogP contribution is 2.22. The van der Waals surface area contributed by atoms with Crippen LogP contribution in [0.3, 0.4) is 0 Å². The van der Waals surface area contributed by atoms with Crippen LogP contribution in [0.25, 0.3) is 0 Å². The number of benzene rings is 1. The number of rotatable bonds is 4. The molecule has 0 spiro atoms. The van der Waals surface area contributed by atoms with E-state index in [-0.39, 0.29) is 23.7 Å². The molecule has 6 nitrogen and oxygen atoms in total. The lowest BCUT2D eigenvalue weighted by Crippen LogP contribution is -2.31. The number of halogens is 1. The van der Waals surface area contributed by atoms with Gasteiger partial charge in [-0.1, -0.05) is 34.1 Å². The smallest absolute Gasteiger partial charge is 0.319 e. The van der Waals surface area contributed by atoms with Gasteiger partial charge in [0.1, 0.15) is 5.69 Å². The molecule has 0 saturated carbocycles. The average molecular weight is 391 g/mol. The number of hydrogen-bond acceptors (Lipinski definition) is 3. The molecule has 2 aromatic rings. The number of carbonyl (C=O) groups is 2. The van der Waals surface area contributed by atoms with E-state index >= 15 is 0 Å². The van der Waals surface area contributed by atoms with Crippen LogP contribution in [0.4, 0.5) is 10.5 Å². The summed E-state index contributed by atoms with van der Waals surface area (Å²) < 4.78 is 0.931. The molecule has 0 aliphatic heterocycles. The van der Waals surface area contributed by atoms with Gasteiger partial charge in [0.15, 0.2) is 0 Å². The first kappa shape index (κ1) is 17.9. The first-order valence-electron chi connectivity index (χ1n) is 7.38. The lowest BCUT2D eigenvalue weighted by atomic mass is 10.1.